The molecular weight excluding hydrogens is 377 g/mol. The van der Waals surface area contributed by atoms with Crippen LogP contribution in [-0.2, 0) is 4.74 Å². The Morgan fingerprint density at radius 2 is 2.04 bits per heavy atom. The van der Waals surface area contributed by atoms with E-state index >= 15 is 0 Å². The molecule has 0 saturated carbocycles. The van der Waals surface area contributed by atoms with Gasteiger partial charge in [0.05, 0.1) is 18.7 Å². The van der Waals surface area contributed by atoms with Crippen molar-refractivity contribution in [2.24, 2.45) is 0 Å². The van der Waals surface area contributed by atoms with Crippen LogP contribution in [0.15, 0.2) is 46.9 Å². The number of ether oxygens (including phenoxy) is 1. The summed E-state index contributed by atoms with van der Waals surface area (Å²) in [5.41, 5.74) is 1.01. The fourth-order valence-electron chi connectivity index (χ4n) is 2.81. The first-order chi connectivity index (χ1) is 13.3. The lowest BCUT2D eigenvalue weighted by Gasteiger charge is -2.30. The van der Waals surface area contributed by atoms with Crippen LogP contribution in [0, 0.1) is 0 Å². The van der Waals surface area contributed by atoms with Crippen molar-refractivity contribution in [1.29, 1.82) is 0 Å². The lowest BCUT2D eigenvalue weighted by Crippen LogP contribution is -2.58. The molecule has 1 aromatic heterocycles. The van der Waals surface area contributed by atoms with Gasteiger partial charge in [-0.3, -0.25) is 0 Å². The van der Waals surface area contributed by atoms with Crippen molar-refractivity contribution >= 4 is 18.1 Å². The van der Waals surface area contributed by atoms with E-state index in [9.17, 15) is 22.8 Å². The lowest BCUT2D eigenvalue weighted by molar-refractivity contribution is -0.157. The molecule has 0 bridgehead atoms. The molecule has 28 heavy (non-hydrogen) atoms. The molecular formula is C19H17F3N2O4. The monoisotopic (exact) mass is 394 g/mol. The van der Waals surface area contributed by atoms with Gasteiger partial charge in [0.2, 0.25) is 0 Å². The van der Waals surface area contributed by atoms with Gasteiger partial charge in [-0.15, -0.1) is 0 Å². The predicted molar refractivity (Wildman–Crippen MR) is 94.4 cm³/mol. The van der Waals surface area contributed by atoms with Crippen molar-refractivity contribution in [3.05, 3.63) is 53.8 Å². The van der Waals surface area contributed by atoms with Gasteiger partial charge in [0.25, 0.3) is 0 Å². The number of alkyl halides is 3. The van der Waals surface area contributed by atoms with E-state index in [-0.39, 0.29) is 6.42 Å². The SMILES string of the molecule is COC(=O)c1cccc(-c2ccc(/C=C/C3CC(C(F)(F)F)NC(=O)N3)o2)c1. The first kappa shape index (κ1) is 19.5. The highest BCUT2D eigenvalue weighted by molar-refractivity contribution is 5.90. The van der Waals surface area contributed by atoms with E-state index in [0.717, 1.165) is 0 Å². The number of carbonyl (C=O) groups is 2. The summed E-state index contributed by atoms with van der Waals surface area (Å²) in [6, 6.07) is 6.41. The number of rotatable bonds is 4. The maximum absolute atomic E-state index is 12.8. The largest absolute Gasteiger partial charge is 0.465 e. The Kier molecular flexibility index (Phi) is 5.43. The molecule has 2 N–H and O–H groups in total. The van der Waals surface area contributed by atoms with E-state index in [1.807, 2.05) is 5.32 Å². The lowest BCUT2D eigenvalue weighted by atomic mass is 10.0. The summed E-state index contributed by atoms with van der Waals surface area (Å²) in [7, 11) is 1.29. The number of esters is 1. The zero-order valence-corrected chi connectivity index (χ0v) is 14.7. The van der Waals surface area contributed by atoms with Gasteiger partial charge in [0, 0.05) is 12.0 Å². The fourth-order valence-corrected chi connectivity index (χ4v) is 2.81. The van der Waals surface area contributed by atoms with Gasteiger partial charge < -0.3 is 19.8 Å². The van der Waals surface area contributed by atoms with E-state index in [4.69, 9.17) is 4.42 Å². The molecule has 1 aliphatic heterocycles. The van der Waals surface area contributed by atoms with Gasteiger partial charge in [-0.05, 0) is 30.3 Å². The number of urea groups is 1. The molecule has 0 radical (unpaired) electrons. The van der Waals surface area contributed by atoms with Gasteiger partial charge in [-0.2, -0.15) is 13.2 Å². The summed E-state index contributed by atoms with van der Waals surface area (Å²) in [6.07, 6.45) is -1.88. The smallest absolute Gasteiger partial charge is 0.408 e. The Morgan fingerprint density at radius 3 is 2.75 bits per heavy atom. The maximum atomic E-state index is 12.8. The highest BCUT2D eigenvalue weighted by Crippen LogP contribution is 2.27. The van der Waals surface area contributed by atoms with E-state index in [1.165, 1.54) is 19.3 Å². The number of amides is 2. The number of benzene rings is 1. The number of carbonyl (C=O) groups excluding carboxylic acids is 2. The highest BCUT2D eigenvalue weighted by Gasteiger charge is 2.44. The van der Waals surface area contributed by atoms with Crippen LogP contribution in [0.3, 0.4) is 0 Å². The Hall–Kier alpha value is -3.23. The van der Waals surface area contributed by atoms with Crippen LogP contribution >= 0.6 is 0 Å². The molecule has 3 rings (SSSR count). The summed E-state index contributed by atoms with van der Waals surface area (Å²) >= 11 is 0. The number of methoxy groups -OCH3 is 1. The van der Waals surface area contributed by atoms with Crippen LogP contribution in [0.5, 0.6) is 0 Å². The molecule has 6 nitrogen and oxygen atoms in total. The van der Waals surface area contributed by atoms with Gasteiger partial charge in [0.1, 0.15) is 17.6 Å². The first-order valence-electron chi connectivity index (χ1n) is 8.37. The Labute approximate surface area is 158 Å². The van der Waals surface area contributed by atoms with Crippen molar-refractivity contribution in [3.8, 4) is 11.3 Å². The summed E-state index contributed by atoms with van der Waals surface area (Å²) in [4.78, 5) is 23.0. The van der Waals surface area contributed by atoms with E-state index in [1.54, 1.807) is 36.4 Å². The summed E-state index contributed by atoms with van der Waals surface area (Å²) in [6.45, 7) is 0. The van der Waals surface area contributed by atoms with Crippen molar-refractivity contribution in [1.82, 2.24) is 10.6 Å². The summed E-state index contributed by atoms with van der Waals surface area (Å²) in [5.74, 6) is 0.400. The maximum Gasteiger partial charge on any atom is 0.408 e. The molecule has 2 atom stereocenters. The van der Waals surface area contributed by atoms with E-state index < -0.39 is 30.3 Å². The second-order valence-electron chi connectivity index (χ2n) is 6.19. The van der Waals surface area contributed by atoms with Gasteiger partial charge in [-0.1, -0.05) is 18.2 Å². The highest BCUT2D eigenvalue weighted by atomic mass is 19.4. The quantitative estimate of drug-likeness (QED) is 0.774. The van der Waals surface area contributed by atoms with Crippen LogP contribution in [0.4, 0.5) is 18.0 Å². The number of furan rings is 1. The number of nitrogens with one attached hydrogen (secondary N) is 2. The minimum atomic E-state index is -4.51. The zero-order chi connectivity index (χ0) is 20.3. The van der Waals surface area contributed by atoms with Crippen LogP contribution < -0.4 is 10.6 Å². The molecule has 2 heterocycles. The van der Waals surface area contributed by atoms with E-state index in [0.29, 0.717) is 22.6 Å². The molecule has 1 aliphatic rings. The third kappa shape index (κ3) is 4.54. The standard InChI is InChI=1S/C19H17F3N2O4/c1-27-17(25)12-4-2-3-11(9-12)15-8-7-14(28-15)6-5-13-10-16(19(20,21)22)24-18(26)23-13/h2-9,13,16H,10H2,1H3,(H2,23,24,26)/b6-5+. The summed E-state index contributed by atoms with van der Waals surface area (Å²) < 4.78 is 48.9. The predicted octanol–water partition coefficient (Wildman–Crippen LogP) is 3.75. The normalized spacial score (nSPS) is 19.9. The molecule has 2 aromatic rings. The van der Waals surface area contributed by atoms with Crippen molar-refractivity contribution in [2.75, 3.05) is 7.11 Å². The first-order valence-corrected chi connectivity index (χ1v) is 8.37. The topological polar surface area (TPSA) is 80.6 Å². The number of hydrogen-bond donors (Lipinski definition) is 2. The average molecular weight is 394 g/mol. The van der Waals surface area contributed by atoms with Crippen LogP contribution in [0.1, 0.15) is 22.5 Å². The Bertz CT molecular complexity index is 905. The van der Waals surface area contributed by atoms with Crippen molar-refractivity contribution in [2.45, 2.75) is 24.7 Å². The molecule has 0 spiro atoms. The molecule has 2 amide bonds. The molecule has 2 unspecified atom stereocenters. The molecule has 1 saturated heterocycles. The van der Waals surface area contributed by atoms with Crippen molar-refractivity contribution < 1.29 is 31.9 Å². The second-order valence-corrected chi connectivity index (χ2v) is 6.19. The molecule has 9 heteroatoms. The second kappa shape index (κ2) is 7.79. The molecule has 0 aliphatic carbocycles. The Balaban J connectivity index is 1.72. The fraction of sp³-hybridized carbons (Fsp3) is 0.263. The van der Waals surface area contributed by atoms with Crippen LogP contribution in [-0.4, -0.2) is 37.4 Å². The average Bonchev–Trinajstić information content (AvgIpc) is 3.14. The summed E-state index contributed by atoms with van der Waals surface area (Å²) in [5, 5.41) is 4.28. The minimum Gasteiger partial charge on any atom is -0.465 e. The molecule has 1 aromatic carbocycles. The number of halogens is 3. The Morgan fingerprint density at radius 1 is 1.25 bits per heavy atom. The van der Waals surface area contributed by atoms with Gasteiger partial charge >= 0.3 is 18.2 Å². The van der Waals surface area contributed by atoms with Gasteiger partial charge in [-0.25, -0.2) is 9.59 Å². The molecule has 148 valence electrons. The minimum absolute atomic E-state index is 0.319. The van der Waals surface area contributed by atoms with Crippen LogP contribution in [0.25, 0.3) is 17.4 Å². The zero-order valence-electron chi connectivity index (χ0n) is 14.7. The molecule has 1 fully saturated rings. The third-order valence-corrected chi connectivity index (χ3v) is 4.19. The van der Waals surface area contributed by atoms with Gasteiger partial charge in [0.15, 0.2) is 0 Å². The number of hydrogen-bond acceptors (Lipinski definition) is 4. The third-order valence-electron chi connectivity index (χ3n) is 4.19. The van der Waals surface area contributed by atoms with E-state index in [2.05, 4.69) is 10.1 Å². The van der Waals surface area contributed by atoms with Crippen molar-refractivity contribution in [3.63, 3.8) is 0 Å². The van der Waals surface area contributed by atoms with Crippen LogP contribution in [0.2, 0.25) is 0 Å².